The van der Waals surface area contributed by atoms with E-state index >= 15 is 0 Å². The van der Waals surface area contributed by atoms with Crippen molar-refractivity contribution in [3.8, 4) is 23.0 Å². The fraction of sp³-hybridized carbons (Fsp3) is 0. The van der Waals surface area contributed by atoms with Crippen molar-refractivity contribution in [1.82, 2.24) is 10.2 Å². The number of nitro groups is 1. The Balaban J connectivity index is 1.81. The highest BCUT2D eigenvalue weighted by Gasteiger charge is 2.07. The van der Waals surface area contributed by atoms with E-state index in [0.717, 1.165) is 5.56 Å². The second-order valence-corrected chi connectivity index (χ2v) is 4.12. The molecule has 21 heavy (non-hydrogen) atoms. The summed E-state index contributed by atoms with van der Waals surface area (Å²) in [4.78, 5) is 10.1. The average molecular weight is 283 g/mol. The third-order valence-electron chi connectivity index (χ3n) is 2.72. The molecule has 0 saturated carbocycles. The monoisotopic (exact) mass is 283 g/mol. The quantitative estimate of drug-likeness (QED) is 0.538. The number of benzene rings is 2. The highest BCUT2D eigenvalue weighted by Crippen LogP contribution is 2.27. The molecule has 3 aromatic rings. The normalized spacial score (nSPS) is 10.3. The largest absolute Gasteiger partial charge is 0.457 e. The predicted molar refractivity (Wildman–Crippen MR) is 72.9 cm³/mol. The lowest BCUT2D eigenvalue weighted by Crippen LogP contribution is -1.89. The zero-order valence-corrected chi connectivity index (χ0v) is 10.7. The Morgan fingerprint density at radius 3 is 2.57 bits per heavy atom. The SMILES string of the molecule is O=[N+]([O-])c1ccc(Oc2cccc(-c3nnco3)c2)cc1. The van der Waals surface area contributed by atoms with Gasteiger partial charge in [-0.1, -0.05) is 6.07 Å². The maximum Gasteiger partial charge on any atom is 0.269 e. The molecular weight excluding hydrogens is 274 g/mol. The van der Waals surface area contributed by atoms with Gasteiger partial charge < -0.3 is 9.15 Å². The zero-order chi connectivity index (χ0) is 14.7. The second kappa shape index (κ2) is 5.41. The van der Waals surface area contributed by atoms with Crippen molar-refractivity contribution in [2.75, 3.05) is 0 Å². The maximum atomic E-state index is 10.6. The molecule has 7 nitrogen and oxygen atoms in total. The third kappa shape index (κ3) is 2.86. The van der Waals surface area contributed by atoms with Crippen LogP contribution in [0.5, 0.6) is 11.5 Å². The van der Waals surface area contributed by atoms with Gasteiger partial charge in [0.1, 0.15) is 11.5 Å². The van der Waals surface area contributed by atoms with Crippen LogP contribution < -0.4 is 4.74 Å². The van der Waals surface area contributed by atoms with E-state index in [-0.39, 0.29) is 5.69 Å². The average Bonchev–Trinajstić information content (AvgIpc) is 3.02. The van der Waals surface area contributed by atoms with Gasteiger partial charge in [-0.05, 0) is 30.3 Å². The summed E-state index contributed by atoms with van der Waals surface area (Å²) in [7, 11) is 0. The van der Waals surface area contributed by atoms with E-state index in [1.807, 2.05) is 6.07 Å². The first kappa shape index (κ1) is 12.8. The van der Waals surface area contributed by atoms with Crippen molar-refractivity contribution in [2.24, 2.45) is 0 Å². The van der Waals surface area contributed by atoms with Crippen LogP contribution in [0.15, 0.2) is 59.3 Å². The van der Waals surface area contributed by atoms with Gasteiger partial charge >= 0.3 is 0 Å². The van der Waals surface area contributed by atoms with E-state index in [9.17, 15) is 10.1 Å². The van der Waals surface area contributed by atoms with Crippen LogP contribution in [-0.2, 0) is 0 Å². The van der Waals surface area contributed by atoms with E-state index < -0.39 is 4.92 Å². The van der Waals surface area contributed by atoms with Crippen molar-refractivity contribution in [3.63, 3.8) is 0 Å². The zero-order valence-electron chi connectivity index (χ0n) is 10.7. The van der Waals surface area contributed by atoms with Crippen LogP contribution in [0.1, 0.15) is 0 Å². The molecule has 0 amide bonds. The van der Waals surface area contributed by atoms with E-state index in [4.69, 9.17) is 9.15 Å². The van der Waals surface area contributed by atoms with Crippen molar-refractivity contribution in [3.05, 3.63) is 65.0 Å². The standard InChI is InChI=1S/C14H9N3O4/c18-17(19)11-4-6-12(7-5-11)21-13-3-1-2-10(8-13)14-16-15-9-20-14/h1-9H. The molecule has 2 aromatic carbocycles. The fourth-order valence-corrected chi connectivity index (χ4v) is 1.76. The summed E-state index contributed by atoms with van der Waals surface area (Å²) < 4.78 is 10.8. The van der Waals surface area contributed by atoms with Gasteiger partial charge in [0, 0.05) is 17.7 Å². The van der Waals surface area contributed by atoms with E-state index in [1.165, 1.54) is 30.7 Å². The van der Waals surface area contributed by atoms with Crippen molar-refractivity contribution in [1.29, 1.82) is 0 Å². The number of nitrogens with zero attached hydrogens (tertiary/aromatic N) is 3. The van der Waals surface area contributed by atoms with Crippen molar-refractivity contribution < 1.29 is 14.1 Å². The number of ether oxygens (including phenoxy) is 1. The molecule has 0 fully saturated rings. The lowest BCUT2D eigenvalue weighted by atomic mass is 10.2. The minimum absolute atomic E-state index is 0.0157. The highest BCUT2D eigenvalue weighted by atomic mass is 16.6. The van der Waals surface area contributed by atoms with Crippen LogP contribution in [0.2, 0.25) is 0 Å². The predicted octanol–water partition coefficient (Wildman–Crippen LogP) is 3.44. The molecule has 0 radical (unpaired) electrons. The molecule has 0 spiro atoms. The Labute approximate surface area is 119 Å². The van der Waals surface area contributed by atoms with Crippen molar-refractivity contribution >= 4 is 5.69 Å². The smallest absolute Gasteiger partial charge is 0.269 e. The number of hydrogen-bond donors (Lipinski definition) is 0. The molecule has 0 atom stereocenters. The lowest BCUT2D eigenvalue weighted by Gasteiger charge is -2.06. The molecule has 0 aliphatic rings. The second-order valence-electron chi connectivity index (χ2n) is 4.12. The van der Waals surface area contributed by atoms with Crippen LogP contribution in [0.25, 0.3) is 11.5 Å². The molecule has 1 heterocycles. The lowest BCUT2D eigenvalue weighted by molar-refractivity contribution is -0.384. The summed E-state index contributed by atoms with van der Waals surface area (Å²) in [6.45, 7) is 0. The Morgan fingerprint density at radius 2 is 1.90 bits per heavy atom. The molecule has 0 aliphatic carbocycles. The van der Waals surface area contributed by atoms with Crippen LogP contribution in [0.4, 0.5) is 5.69 Å². The van der Waals surface area contributed by atoms with Gasteiger partial charge in [0.05, 0.1) is 4.92 Å². The molecule has 0 saturated heterocycles. The van der Waals surface area contributed by atoms with E-state index in [1.54, 1.807) is 18.2 Å². The Kier molecular flexibility index (Phi) is 3.30. The molecule has 3 rings (SSSR count). The minimum atomic E-state index is -0.458. The van der Waals surface area contributed by atoms with Gasteiger partial charge in [0.15, 0.2) is 0 Å². The summed E-state index contributed by atoms with van der Waals surface area (Å²) in [6.07, 6.45) is 1.25. The molecule has 1 aromatic heterocycles. The highest BCUT2D eigenvalue weighted by molar-refractivity contribution is 5.55. The summed E-state index contributed by atoms with van der Waals surface area (Å²) in [5.74, 6) is 1.46. The molecule has 0 unspecified atom stereocenters. The molecule has 104 valence electrons. The Bertz CT molecular complexity index is 754. The van der Waals surface area contributed by atoms with E-state index in [2.05, 4.69) is 10.2 Å². The fourth-order valence-electron chi connectivity index (χ4n) is 1.76. The van der Waals surface area contributed by atoms with Crippen LogP contribution in [-0.4, -0.2) is 15.1 Å². The summed E-state index contributed by atoms with van der Waals surface area (Å²) in [5, 5.41) is 18.0. The van der Waals surface area contributed by atoms with Gasteiger partial charge in [0.2, 0.25) is 12.3 Å². The van der Waals surface area contributed by atoms with Crippen LogP contribution in [0, 0.1) is 10.1 Å². The van der Waals surface area contributed by atoms with Crippen molar-refractivity contribution in [2.45, 2.75) is 0 Å². The number of hydrogen-bond acceptors (Lipinski definition) is 6. The number of non-ortho nitro benzene ring substituents is 1. The van der Waals surface area contributed by atoms with Gasteiger partial charge in [-0.2, -0.15) is 0 Å². The van der Waals surface area contributed by atoms with Gasteiger partial charge in [0.25, 0.3) is 5.69 Å². The minimum Gasteiger partial charge on any atom is -0.457 e. The Morgan fingerprint density at radius 1 is 1.10 bits per heavy atom. The molecule has 7 heteroatoms. The number of nitro benzene ring substituents is 1. The third-order valence-corrected chi connectivity index (χ3v) is 2.72. The first-order valence-electron chi connectivity index (χ1n) is 6.01. The molecule has 0 N–H and O–H groups in total. The number of rotatable bonds is 4. The van der Waals surface area contributed by atoms with Crippen LogP contribution >= 0.6 is 0 Å². The molecule has 0 bridgehead atoms. The summed E-state index contributed by atoms with van der Waals surface area (Å²) in [6, 6.07) is 13.0. The molecule has 0 aliphatic heterocycles. The van der Waals surface area contributed by atoms with Gasteiger partial charge in [-0.25, -0.2) is 0 Å². The summed E-state index contributed by atoms with van der Waals surface area (Å²) >= 11 is 0. The van der Waals surface area contributed by atoms with Crippen LogP contribution in [0.3, 0.4) is 0 Å². The first-order chi connectivity index (χ1) is 10.2. The number of aromatic nitrogens is 2. The van der Waals surface area contributed by atoms with Gasteiger partial charge in [-0.3, -0.25) is 10.1 Å². The summed E-state index contributed by atoms with van der Waals surface area (Å²) in [5.41, 5.74) is 0.744. The van der Waals surface area contributed by atoms with Gasteiger partial charge in [-0.15, -0.1) is 10.2 Å². The maximum absolute atomic E-state index is 10.6. The first-order valence-corrected chi connectivity index (χ1v) is 6.01. The topological polar surface area (TPSA) is 91.3 Å². The molecular formula is C14H9N3O4. The Hall–Kier alpha value is -3.22. The van der Waals surface area contributed by atoms with E-state index in [0.29, 0.717) is 17.4 Å².